The number of hydrazine groups is 1. The van der Waals surface area contributed by atoms with Crippen molar-refractivity contribution >= 4 is 11.6 Å². The van der Waals surface area contributed by atoms with Gasteiger partial charge < -0.3 is 15.1 Å². The molecule has 0 aliphatic carbocycles. The van der Waals surface area contributed by atoms with Crippen LogP contribution in [0.1, 0.15) is 12.8 Å². The Hall–Kier alpha value is -1.40. The Morgan fingerprint density at radius 1 is 1.56 bits per heavy atom. The van der Waals surface area contributed by atoms with Gasteiger partial charge in [-0.25, -0.2) is 10.8 Å². The Labute approximate surface area is 94.8 Å². The number of nitrogens with one attached hydrogen (secondary N) is 1. The molecule has 6 heteroatoms. The van der Waals surface area contributed by atoms with Crippen LogP contribution in [0.15, 0.2) is 12.4 Å². The monoisotopic (exact) mass is 223 g/mol. The molecule has 1 atom stereocenters. The Bertz CT molecular complexity index is 346. The normalized spacial score (nSPS) is 20.9. The minimum atomic E-state index is 0.282. The van der Waals surface area contributed by atoms with Crippen LogP contribution in [0.5, 0.6) is 0 Å². The van der Waals surface area contributed by atoms with Crippen LogP contribution in [-0.4, -0.2) is 36.3 Å². The number of nitrogens with zero attached hydrogens (tertiary/aromatic N) is 3. The maximum atomic E-state index is 5.37. The van der Waals surface area contributed by atoms with Crippen LogP contribution in [-0.2, 0) is 4.74 Å². The molecule has 1 saturated heterocycles. The first-order valence-corrected chi connectivity index (χ1v) is 5.40. The zero-order valence-electron chi connectivity index (χ0n) is 9.39. The van der Waals surface area contributed by atoms with Gasteiger partial charge in [-0.05, 0) is 12.8 Å². The Morgan fingerprint density at radius 3 is 3.19 bits per heavy atom. The van der Waals surface area contributed by atoms with Crippen molar-refractivity contribution in [2.45, 2.75) is 18.9 Å². The molecule has 0 bridgehead atoms. The third-order valence-electron chi connectivity index (χ3n) is 2.81. The second-order valence-corrected chi connectivity index (χ2v) is 3.85. The van der Waals surface area contributed by atoms with Crippen molar-refractivity contribution < 1.29 is 4.74 Å². The molecule has 88 valence electrons. The molecule has 0 amide bonds. The summed E-state index contributed by atoms with van der Waals surface area (Å²) >= 11 is 0. The number of piperidine rings is 1. The highest BCUT2D eigenvalue weighted by atomic mass is 16.5. The van der Waals surface area contributed by atoms with E-state index in [1.54, 1.807) is 19.5 Å². The van der Waals surface area contributed by atoms with Crippen molar-refractivity contribution in [3.8, 4) is 0 Å². The number of hydrogen-bond donors (Lipinski definition) is 2. The van der Waals surface area contributed by atoms with E-state index >= 15 is 0 Å². The Kier molecular flexibility index (Phi) is 3.53. The van der Waals surface area contributed by atoms with E-state index in [-0.39, 0.29) is 6.10 Å². The fourth-order valence-electron chi connectivity index (χ4n) is 1.92. The zero-order chi connectivity index (χ0) is 11.4. The first kappa shape index (κ1) is 11.1. The summed E-state index contributed by atoms with van der Waals surface area (Å²) in [6.07, 6.45) is 5.85. The molecule has 2 heterocycles. The number of methoxy groups -OCH3 is 1. The van der Waals surface area contributed by atoms with Crippen LogP contribution >= 0.6 is 0 Å². The van der Waals surface area contributed by atoms with Crippen LogP contribution in [0.2, 0.25) is 0 Å². The number of anilines is 2. The van der Waals surface area contributed by atoms with Gasteiger partial charge in [0.05, 0.1) is 18.5 Å². The molecule has 1 aromatic heterocycles. The second kappa shape index (κ2) is 5.09. The molecule has 1 unspecified atom stereocenters. The maximum Gasteiger partial charge on any atom is 0.160 e. The molecule has 0 radical (unpaired) electrons. The van der Waals surface area contributed by atoms with Crippen molar-refractivity contribution in [2.24, 2.45) is 5.84 Å². The van der Waals surface area contributed by atoms with E-state index in [4.69, 9.17) is 10.6 Å². The predicted molar refractivity (Wildman–Crippen MR) is 62.1 cm³/mol. The van der Waals surface area contributed by atoms with Gasteiger partial charge in [-0.3, -0.25) is 4.98 Å². The van der Waals surface area contributed by atoms with Crippen LogP contribution in [0, 0.1) is 0 Å². The lowest BCUT2D eigenvalue weighted by molar-refractivity contribution is 0.0891. The lowest BCUT2D eigenvalue weighted by Crippen LogP contribution is -2.39. The van der Waals surface area contributed by atoms with Gasteiger partial charge in [0.2, 0.25) is 0 Å². The third-order valence-corrected chi connectivity index (χ3v) is 2.81. The van der Waals surface area contributed by atoms with Crippen molar-refractivity contribution in [1.82, 2.24) is 9.97 Å². The quantitative estimate of drug-likeness (QED) is 0.570. The summed E-state index contributed by atoms with van der Waals surface area (Å²) in [5, 5.41) is 0. The van der Waals surface area contributed by atoms with Gasteiger partial charge in [0.1, 0.15) is 5.82 Å². The van der Waals surface area contributed by atoms with Gasteiger partial charge in [0.15, 0.2) is 5.82 Å². The van der Waals surface area contributed by atoms with Crippen molar-refractivity contribution in [1.29, 1.82) is 0 Å². The first-order chi connectivity index (χ1) is 7.83. The van der Waals surface area contributed by atoms with E-state index in [2.05, 4.69) is 20.3 Å². The predicted octanol–water partition coefficient (Wildman–Crippen LogP) is 0.377. The number of aromatic nitrogens is 2. The van der Waals surface area contributed by atoms with Crippen molar-refractivity contribution in [2.75, 3.05) is 30.5 Å². The zero-order valence-corrected chi connectivity index (χ0v) is 9.39. The van der Waals surface area contributed by atoms with Crippen LogP contribution < -0.4 is 16.2 Å². The van der Waals surface area contributed by atoms with Gasteiger partial charge in [0, 0.05) is 20.2 Å². The average Bonchev–Trinajstić information content (AvgIpc) is 2.39. The molecular formula is C10H17N5O. The number of nitrogens with two attached hydrogens (primary N) is 1. The van der Waals surface area contributed by atoms with E-state index in [1.807, 2.05) is 0 Å². The molecule has 16 heavy (non-hydrogen) atoms. The summed E-state index contributed by atoms with van der Waals surface area (Å²) in [4.78, 5) is 10.6. The summed E-state index contributed by atoms with van der Waals surface area (Å²) < 4.78 is 5.37. The topological polar surface area (TPSA) is 76.3 Å². The summed E-state index contributed by atoms with van der Waals surface area (Å²) in [5.41, 5.74) is 2.50. The maximum absolute atomic E-state index is 5.37. The summed E-state index contributed by atoms with van der Waals surface area (Å²) in [6, 6.07) is 0. The van der Waals surface area contributed by atoms with Crippen molar-refractivity contribution in [3.05, 3.63) is 12.4 Å². The SMILES string of the molecule is COC1CCCN(c2cncc(NN)n2)C1. The minimum Gasteiger partial charge on any atom is -0.380 e. The number of nitrogen functional groups attached to an aromatic ring is 1. The summed E-state index contributed by atoms with van der Waals surface area (Å²) in [6.45, 7) is 1.85. The van der Waals surface area contributed by atoms with E-state index in [9.17, 15) is 0 Å². The lowest BCUT2D eigenvalue weighted by atomic mass is 10.1. The molecule has 0 spiro atoms. The Balaban J connectivity index is 2.10. The molecule has 1 aromatic rings. The molecule has 0 saturated carbocycles. The number of hydrogen-bond acceptors (Lipinski definition) is 6. The second-order valence-electron chi connectivity index (χ2n) is 3.85. The highest BCUT2D eigenvalue weighted by Crippen LogP contribution is 2.19. The molecule has 0 aromatic carbocycles. The summed E-state index contributed by atoms with van der Waals surface area (Å²) in [7, 11) is 1.75. The standard InChI is InChI=1S/C10H17N5O/c1-16-8-3-2-4-15(7-8)10-6-12-5-9(13-10)14-11/h5-6,8H,2-4,7,11H2,1H3,(H,13,14). The van der Waals surface area contributed by atoms with E-state index in [1.165, 1.54) is 0 Å². The first-order valence-electron chi connectivity index (χ1n) is 5.40. The van der Waals surface area contributed by atoms with Crippen LogP contribution in [0.4, 0.5) is 11.6 Å². The minimum absolute atomic E-state index is 0.282. The van der Waals surface area contributed by atoms with Crippen LogP contribution in [0.3, 0.4) is 0 Å². The van der Waals surface area contributed by atoms with Gasteiger partial charge in [-0.1, -0.05) is 0 Å². The molecule has 2 rings (SSSR count). The smallest absolute Gasteiger partial charge is 0.160 e. The third kappa shape index (κ3) is 2.40. The number of ether oxygens (including phenoxy) is 1. The average molecular weight is 223 g/mol. The summed E-state index contributed by atoms with van der Waals surface area (Å²) in [5.74, 6) is 6.73. The number of rotatable bonds is 3. The molecular weight excluding hydrogens is 206 g/mol. The van der Waals surface area contributed by atoms with E-state index < -0.39 is 0 Å². The molecule has 6 nitrogen and oxygen atoms in total. The van der Waals surface area contributed by atoms with Gasteiger partial charge in [-0.2, -0.15) is 0 Å². The lowest BCUT2D eigenvalue weighted by Gasteiger charge is -2.32. The van der Waals surface area contributed by atoms with Gasteiger partial charge in [0.25, 0.3) is 0 Å². The molecule has 1 aliphatic heterocycles. The highest BCUT2D eigenvalue weighted by molar-refractivity contribution is 5.43. The highest BCUT2D eigenvalue weighted by Gasteiger charge is 2.20. The Morgan fingerprint density at radius 2 is 2.44 bits per heavy atom. The van der Waals surface area contributed by atoms with Crippen molar-refractivity contribution in [3.63, 3.8) is 0 Å². The van der Waals surface area contributed by atoms with E-state index in [0.29, 0.717) is 5.82 Å². The van der Waals surface area contributed by atoms with Crippen LogP contribution in [0.25, 0.3) is 0 Å². The largest absolute Gasteiger partial charge is 0.380 e. The molecule has 1 aliphatic rings. The fourth-order valence-corrected chi connectivity index (χ4v) is 1.92. The molecule has 1 fully saturated rings. The van der Waals surface area contributed by atoms with E-state index in [0.717, 1.165) is 31.7 Å². The van der Waals surface area contributed by atoms with Gasteiger partial charge >= 0.3 is 0 Å². The molecule has 3 N–H and O–H groups in total. The fraction of sp³-hybridized carbons (Fsp3) is 0.600. The van der Waals surface area contributed by atoms with Gasteiger partial charge in [-0.15, -0.1) is 0 Å².